The number of nitrogens with zero attached hydrogens (tertiary/aromatic N) is 2. The third-order valence-corrected chi connectivity index (χ3v) is 10.6. The van der Waals surface area contributed by atoms with Crippen molar-refractivity contribution in [2.24, 2.45) is 33.7 Å². The number of carboxylic acids is 1. The predicted molar refractivity (Wildman–Crippen MR) is 131 cm³/mol. The molecule has 5 aliphatic rings. The van der Waals surface area contributed by atoms with Crippen LogP contribution in [0, 0.1) is 40.9 Å². The van der Waals surface area contributed by atoms with Crippen LogP contribution in [0.15, 0.2) is 16.8 Å². The van der Waals surface area contributed by atoms with Crippen molar-refractivity contribution in [2.45, 2.75) is 89.7 Å². The van der Waals surface area contributed by atoms with Gasteiger partial charge < -0.3 is 20.0 Å². The molecule has 0 unspecified atom stereocenters. The van der Waals surface area contributed by atoms with E-state index in [4.69, 9.17) is 11.3 Å². The summed E-state index contributed by atoms with van der Waals surface area (Å²) in [6.45, 7) is 4.86. The quantitative estimate of drug-likeness (QED) is 0.470. The minimum atomic E-state index is -0.972. The average Bonchev–Trinajstić information content (AvgIpc) is 3.43. The Kier molecular flexibility index (Phi) is 6.03. The van der Waals surface area contributed by atoms with Crippen LogP contribution in [0.25, 0.3) is 0 Å². The van der Waals surface area contributed by atoms with Crippen LogP contribution in [-0.4, -0.2) is 57.5 Å². The van der Waals surface area contributed by atoms with E-state index in [0.717, 1.165) is 50.7 Å². The van der Waals surface area contributed by atoms with Crippen molar-refractivity contribution >= 4 is 17.6 Å². The van der Waals surface area contributed by atoms with E-state index in [1.807, 2.05) is 0 Å². The van der Waals surface area contributed by atoms with Gasteiger partial charge in [0.15, 0.2) is 6.61 Å². The van der Waals surface area contributed by atoms with Crippen LogP contribution in [0.2, 0.25) is 0 Å². The van der Waals surface area contributed by atoms with Gasteiger partial charge in [-0.25, -0.2) is 4.79 Å². The van der Waals surface area contributed by atoms with Gasteiger partial charge in [-0.2, -0.15) is 0 Å². The zero-order valence-electron chi connectivity index (χ0n) is 21.0. The fourth-order valence-corrected chi connectivity index (χ4v) is 8.47. The zero-order valence-corrected chi connectivity index (χ0v) is 21.0. The second-order valence-electron chi connectivity index (χ2n) is 11.9. The zero-order chi connectivity index (χ0) is 25.0. The second-order valence-corrected chi connectivity index (χ2v) is 11.9. The molecule has 5 rings (SSSR count). The molecule has 4 aliphatic carbocycles. The highest BCUT2D eigenvalue weighted by Crippen LogP contribution is 2.67. The molecule has 0 bridgehead atoms. The van der Waals surface area contributed by atoms with Crippen molar-refractivity contribution in [1.82, 2.24) is 4.90 Å². The topological polar surface area (TPSA) is 99.4 Å². The van der Waals surface area contributed by atoms with Crippen LogP contribution >= 0.6 is 0 Å². The molecule has 35 heavy (non-hydrogen) atoms. The first-order valence-corrected chi connectivity index (χ1v) is 13.3. The molecule has 0 spiro atoms. The number of amides is 1. The Labute approximate surface area is 208 Å². The Hall–Kier alpha value is -2.33. The van der Waals surface area contributed by atoms with E-state index in [2.05, 4.69) is 31.0 Å². The number of fused-ring (bicyclic) bond motifs is 5. The summed E-state index contributed by atoms with van der Waals surface area (Å²) >= 11 is 0. The standard InChI is InChI=1S/C28H38N2O5/c1-4-28(34)14-11-22-20-8-7-18-16-19(9-12-26(18,2)21(20)10-13-27(22,28)3)29-35-17-24(31)30-15-5-6-23(30)25(32)33/h1,16,20-23,34H,5-15,17H2,2-3H3,(H,32,33)/b29-19-/t20-,21-,22+,23+,26-,27-,28+/m0/s1. The van der Waals surface area contributed by atoms with Crippen molar-refractivity contribution in [3.8, 4) is 12.3 Å². The van der Waals surface area contributed by atoms with Gasteiger partial charge >= 0.3 is 5.97 Å². The van der Waals surface area contributed by atoms with Gasteiger partial charge in [0.25, 0.3) is 5.91 Å². The van der Waals surface area contributed by atoms with Crippen LogP contribution in [0.1, 0.15) is 78.1 Å². The van der Waals surface area contributed by atoms with Crippen LogP contribution < -0.4 is 0 Å². The summed E-state index contributed by atoms with van der Waals surface area (Å²) in [6.07, 6.45) is 16.9. The number of terminal acetylenes is 1. The summed E-state index contributed by atoms with van der Waals surface area (Å²) < 4.78 is 0. The monoisotopic (exact) mass is 482 g/mol. The smallest absolute Gasteiger partial charge is 0.326 e. The second kappa shape index (κ2) is 8.65. The van der Waals surface area contributed by atoms with Gasteiger partial charge in [-0.05, 0) is 93.5 Å². The third kappa shape index (κ3) is 3.71. The largest absolute Gasteiger partial charge is 0.480 e. The molecule has 4 fully saturated rings. The number of carboxylic acid groups (broad SMARTS) is 1. The normalized spacial score (nSPS) is 43.5. The maximum absolute atomic E-state index is 12.4. The van der Waals surface area contributed by atoms with E-state index in [-0.39, 0.29) is 23.3 Å². The van der Waals surface area contributed by atoms with E-state index in [1.54, 1.807) is 0 Å². The Balaban J connectivity index is 1.25. The fourth-order valence-electron chi connectivity index (χ4n) is 8.47. The Bertz CT molecular complexity index is 1010. The van der Waals surface area contributed by atoms with Gasteiger partial charge in [-0.3, -0.25) is 4.79 Å². The summed E-state index contributed by atoms with van der Waals surface area (Å²) in [5, 5.41) is 24.7. The lowest BCUT2D eigenvalue weighted by Gasteiger charge is -2.58. The van der Waals surface area contributed by atoms with Crippen LogP contribution in [0.4, 0.5) is 0 Å². The molecule has 0 aromatic rings. The number of aliphatic carboxylic acids is 1. The number of carbonyl (C=O) groups excluding carboxylic acids is 1. The van der Waals surface area contributed by atoms with E-state index in [9.17, 15) is 19.8 Å². The molecule has 190 valence electrons. The highest BCUT2D eigenvalue weighted by molar-refractivity contribution is 5.96. The van der Waals surface area contributed by atoms with Crippen molar-refractivity contribution < 1.29 is 24.6 Å². The molecule has 0 aromatic heterocycles. The lowest BCUT2D eigenvalue weighted by molar-refractivity contribution is -0.150. The van der Waals surface area contributed by atoms with Gasteiger partial charge in [-0.15, -0.1) is 6.42 Å². The number of rotatable bonds is 4. The van der Waals surface area contributed by atoms with E-state index >= 15 is 0 Å². The first-order chi connectivity index (χ1) is 16.6. The number of likely N-dealkylation sites (tertiary alicyclic amines) is 1. The molecule has 0 aromatic carbocycles. The summed E-state index contributed by atoms with van der Waals surface area (Å²) in [4.78, 5) is 30.6. The van der Waals surface area contributed by atoms with E-state index < -0.39 is 17.6 Å². The molecule has 7 nitrogen and oxygen atoms in total. The molecule has 1 aliphatic heterocycles. The third-order valence-electron chi connectivity index (χ3n) is 10.6. The molecule has 1 saturated heterocycles. The molecule has 3 saturated carbocycles. The van der Waals surface area contributed by atoms with E-state index in [0.29, 0.717) is 43.6 Å². The first kappa shape index (κ1) is 24.4. The molecule has 1 amide bonds. The molecule has 7 heteroatoms. The van der Waals surface area contributed by atoms with Crippen LogP contribution in [0.5, 0.6) is 0 Å². The molecule has 0 radical (unpaired) electrons. The molecule has 7 atom stereocenters. The van der Waals surface area contributed by atoms with Crippen molar-refractivity contribution in [2.75, 3.05) is 13.2 Å². The highest BCUT2D eigenvalue weighted by Gasteiger charge is 2.63. The van der Waals surface area contributed by atoms with E-state index in [1.165, 1.54) is 10.5 Å². The van der Waals surface area contributed by atoms with Gasteiger partial charge in [0.2, 0.25) is 0 Å². The summed E-state index contributed by atoms with van der Waals surface area (Å²) in [5.74, 6) is 3.14. The maximum atomic E-state index is 12.4. The summed E-state index contributed by atoms with van der Waals surface area (Å²) in [6, 6.07) is -0.750. The van der Waals surface area contributed by atoms with Crippen molar-refractivity contribution in [3.05, 3.63) is 11.6 Å². The Morgan fingerprint density at radius 2 is 1.94 bits per heavy atom. The summed E-state index contributed by atoms with van der Waals surface area (Å²) in [7, 11) is 0. The number of allylic oxidation sites excluding steroid dienone is 2. The number of aliphatic hydroxyl groups is 1. The van der Waals surface area contributed by atoms with Gasteiger partial charge in [0.1, 0.15) is 11.6 Å². The predicted octanol–water partition coefficient (Wildman–Crippen LogP) is 3.76. The SMILES string of the molecule is C#C[C@@]1(O)CC[C@@H]2[C@H]3CCC4=C/C(=N\OCC(=O)N5CCC[C@@H]5C(=O)O)CC[C@]4(C)[C@H]3CC[C@@]21C. The molecular weight excluding hydrogens is 444 g/mol. The minimum Gasteiger partial charge on any atom is -0.480 e. The minimum absolute atomic E-state index is 0.125. The van der Waals surface area contributed by atoms with Gasteiger partial charge in [0.05, 0.1) is 5.71 Å². The lowest BCUT2D eigenvalue weighted by Crippen LogP contribution is -2.54. The maximum Gasteiger partial charge on any atom is 0.326 e. The number of hydrogen-bond donors (Lipinski definition) is 2. The van der Waals surface area contributed by atoms with Crippen LogP contribution in [0.3, 0.4) is 0 Å². The van der Waals surface area contributed by atoms with Crippen molar-refractivity contribution in [1.29, 1.82) is 0 Å². The number of carbonyl (C=O) groups is 2. The lowest BCUT2D eigenvalue weighted by atomic mass is 9.46. The Morgan fingerprint density at radius 1 is 1.17 bits per heavy atom. The summed E-state index contributed by atoms with van der Waals surface area (Å²) in [5.41, 5.74) is 1.26. The van der Waals surface area contributed by atoms with Crippen molar-refractivity contribution in [3.63, 3.8) is 0 Å². The van der Waals surface area contributed by atoms with Gasteiger partial charge in [-0.1, -0.05) is 30.5 Å². The average molecular weight is 483 g/mol. The highest BCUT2D eigenvalue weighted by atomic mass is 16.6. The first-order valence-electron chi connectivity index (χ1n) is 13.3. The molecular formula is C28H38N2O5. The van der Waals surface area contributed by atoms with Gasteiger partial charge in [0, 0.05) is 12.0 Å². The molecule has 2 N–H and O–H groups in total. The number of hydrogen-bond acceptors (Lipinski definition) is 5. The fraction of sp³-hybridized carbons (Fsp3) is 0.750. The number of oxime groups is 1. The van der Waals surface area contributed by atoms with Crippen LogP contribution in [-0.2, 0) is 14.4 Å². The molecule has 1 heterocycles. The Morgan fingerprint density at radius 3 is 2.69 bits per heavy atom.